The van der Waals surface area contributed by atoms with E-state index in [0.717, 1.165) is 32.6 Å². The van der Waals surface area contributed by atoms with E-state index in [0.29, 0.717) is 11.9 Å². The molecule has 5 heteroatoms. The third-order valence-electron chi connectivity index (χ3n) is 6.78. The van der Waals surface area contributed by atoms with E-state index in [9.17, 15) is 4.79 Å². The molecule has 2 aromatic rings. The Balaban J connectivity index is 1.33. The van der Waals surface area contributed by atoms with Crippen LogP contribution in [0.5, 0.6) is 0 Å². The van der Waals surface area contributed by atoms with Crippen LogP contribution >= 0.6 is 0 Å². The first kappa shape index (κ1) is 17.0. The number of carbonyl (C=O) groups excluding carboxylic acids is 1. The number of likely N-dealkylation sites (tertiary alicyclic amines) is 2. The van der Waals surface area contributed by atoms with Gasteiger partial charge in [0.2, 0.25) is 5.91 Å². The van der Waals surface area contributed by atoms with E-state index in [-0.39, 0.29) is 11.3 Å². The van der Waals surface area contributed by atoms with Gasteiger partial charge >= 0.3 is 0 Å². The molecule has 3 heterocycles. The highest BCUT2D eigenvalue weighted by atomic mass is 16.2. The first-order chi connectivity index (χ1) is 13.2. The van der Waals surface area contributed by atoms with Crippen molar-refractivity contribution in [2.75, 3.05) is 19.6 Å². The van der Waals surface area contributed by atoms with Crippen molar-refractivity contribution in [1.82, 2.24) is 19.8 Å². The molecular weight excluding hydrogens is 336 g/mol. The van der Waals surface area contributed by atoms with Gasteiger partial charge in [-0.05, 0) is 56.2 Å². The number of amides is 1. The van der Waals surface area contributed by atoms with Crippen molar-refractivity contribution in [3.05, 3.63) is 54.1 Å². The Bertz CT molecular complexity index is 776. The molecule has 1 atom stereocenters. The van der Waals surface area contributed by atoms with Gasteiger partial charge in [0.05, 0.1) is 12.2 Å². The van der Waals surface area contributed by atoms with Gasteiger partial charge in [0.1, 0.15) is 0 Å². The van der Waals surface area contributed by atoms with Crippen LogP contribution in [0.2, 0.25) is 0 Å². The molecule has 0 bridgehead atoms. The summed E-state index contributed by atoms with van der Waals surface area (Å²) in [7, 11) is 0. The average Bonchev–Trinajstić information content (AvgIpc) is 3.43. The number of benzene rings is 1. The molecule has 1 spiro atoms. The third-order valence-corrected chi connectivity index (χ3v) is 6.78. The quantitative estimate of drug-likeness (QED) is 0.907. The summed E-state index contributed by atoms with van der Waals surface area (Å²) in [6.07, 6.45) is 9.43. The fraction of sp³-hybridized carbons (Fsp3) is 0.545. The second-order valence-corrected chi connectivity index (χ2v) is 8.72. The van der Waals surface area contributed by atoms with Crippen LogP contribution in [0.3, 0.4) is 0 Å². The van der Waals surface area contributed by atoms with Crippen molar-refractivity contribution in [2.24, 2.45) is 5.41 Å². The van der Waals surface area contributed by atoms with Gasteiger partial charge in [0.15, 0.2) is 0 Å². The van der Waals surface area contributed by atoms with Crippen molar-refractivity contribution in [1.29, 1.82) is 0 Å². The van der Waals surface area contributed by atoms with Crippen LogP contribution in [0, 0.1) is 5.41 Å². The van der Waals surface area contributed by atoms with Crippen LogP contribution in [-0.4, -0.2) is 51.4 Å². The third kappa shape index (κ3) is 3.41. The summed E-state index contributed by atoms with van der Waals surface area (Å²) in [5.74, 6) is 0.411. The molecule has 3 aliphatic rings. The molecule has 142 valence electrons. The van der Waals surface area contributed by atoms with Gasteiger partial charge in [-0.3, -0.25) is 9.69 Å². The van der Waals surface area contributed by atoms with Crippen LogP contribution in [-0.2, 0) is 11.3 Å². The minimum Gasteiger partial charge on any atom is -0.347 e. The van der Waals surface area contributed by atoms with Crippen LogP contribution in [0.4, 0.5) is 0 Å². The van der Waals surface area contributed by atoms with Crippen LogP contribution in [0.1, 0.15) is 49.3 Å². The number of rotatable bonds is 4. The first-order valence-electron chi connectivity index (χ1n) is 10.3. The summed E-state index contributed by atoms with van der Waals surface area (Å²) in [4.78, 5) is 25.3. The van der Waals surface area contributed by atoms with Gasteiger partial charge < -0.3 is 9.88 Å². The van der Waals surface area contributed by atoms with Gasteiger partial charge in [0, 0.05) is 31.0 Å². The number of carbonyl (C=O) groups is 1. The normalized spacial score (nSPS) is 25.9. The maximum atomic E-state index is 13.2. The summed E-state index contributed by atoms with van der Waals surface area (Å²) >= 11 is 0. The fourth-order valence-electron chi connectivity index (χ4n) is 5.03. The predicted molar refractivity (Wildman–Crippen MR) is 104 cm³/mol. The van der Waals surface area contributed by atoms with Crippen molar-refractivity contribution in [2.45, 2.75) is 50.6 Å². The number of hydrogen-bond acceptors (Lipinski definition) is 3. The molecule has 1 aromatic carbocycles. The maximum Gasteiger partial charge on any atom is 0.230 e. The second-order valence-electron chi connectivity index (χ2n) is 8.72. The lowest BCUT2D eigenvalue weighted by Gasteiger charge is -2.50. The van der Waals surface area contributed by atoms with Gasteiger partial charge in [-0.25, -0.2) is 4.98 Å². The van der Waals surface area contributed by atoms with Crippen LogP contribution < -0.4 is 0 Å². The zero-order valence-corrected chi connectivity index (χ0v) is 15.8. The van der Waals surface area contributed by atoms with Crippen molar-refractivity contribution in [3.8, 4) is 0 Å². The Hall–Kier alpha value is -2.14. The molecule has 0 unspecified atom stereocenters. The highest BCUT2D eigenvalue weighted by Crippen LogP contribution is 2.48. The fourth-order valence-corrected chi connectivity index (χ4v) is 5.03. The zero-order valence-electron chi connectivity index (χ0n) is 15.8. The summed E-state index contributed by atoms with van der Waals surface area (Å²) in [5, 5.41) is 0. The maximum absolute atomic E-state index is 13.2. The molecule has 5 rings (SSSR count). The number of nitrogens with one attached hydrogen (secondary N) is 1. The largest absolute Gasteiger partial charge is 0.347 e. The molecule has 1 N–H and O–H groups in total. The monoisotopic (exact) mass is 364 g/mol. The molecule has 2 aliphatic heterocycles. The van der Waals surface area contributed by atoms with Gasteiger partial charge in [-0.2, -0.15) is 0 Å². The second kappa shape index (κ2) is 6.79. The topological polar surface area (TPSA) is 52.2 Å². The Morgan fingerprint density at radius 1 is 1.15 bits per heavy atom. The van der Waals surface area contributed by atoms with E-state index in [4.69, 9.17) is 0 Å². The Labute approximate surface area is 160 Å². The minimum atomic E-state index is 0.0414. The number of imidazole rings is 1. The zero-order chi connectivity index (χ0) is 18.3. The SMILES string of the molecule is O=C1[C@H](c2ccccc2)CC2(CCN(Cc3cnc[nH]3)CC2)CN1C1CC1. The van der Waals surface area contributed by atoms with E-state index in [2.05, 4.69) is 44.0 Å². The highest BCUT2D eigenvalue weighted by molar-refractivity contribution is 5.85. The number of aromatic amines is 1. The molecule has 1 aromatic heterocycles. The summed E-state index contributed by atoms with van der Waals surface area (Å²) < 4.78 is 0. The Morgan fingerprint density at radius 2 is 1.93 bits per heavy atom. The number of aromatic nitrogens is 2. The van der Waals surface area contributed by atoms with Gasteiger partial charge in [-0.1, -0.05) is 30.3 Å². The van der Waals surface area contributed by atoms with Crippen molar-refractivity contribution >= 4 is 5.91 Å². The Morgan fingerprint density at radius 3 is 2.59 bits per heavy atom. The molecule has 1 saturated carbocycles. The molecule has 1 amide bonds. The summed E-state index contributed by atoms with van der Waals surface area (Å²) in [6, 6.07) is 11.0. The van der Waals surface area contributed by atoms with Crippen molar-refractivity contribution in [3.63, 3.8) is 0 Å². The highest BCUT2D eigenvalue weighted by Gasteiger charge is 2.49. The summed E-state index contributed by atoms with van der Waals surface area (Å²) in [6.45, 7) is 4.13. The van der Waals surface area contributed by atoms with E-state index in [1.165, 1.54) is 36.9 Å². The molecule has 27 heavy (non-hydrogen) atoms. The molecule has 3 fully saturated rings. The molecule has 5 nitrogen and oxygen atoms in total. The standard InChI is InChI=1S/C22H28N4O/c27-21-20(17-4-2-1-3-5-17)12-22(15-26(21)19-6-7-19)8-10-25(11-9-22)14-18-13-23-16-24-18/h1-5,13,16,19-20H,6-12,14-15H2,(H,23,24)/t20-/m0/s1. The van der Waals surface area contributed by atoms with E-state index < -0.39 is 0 Å². The van der Waals surface area contributed by atoms with Crippen LogP contribution in [0.15, 0.2) is 42.9 Å². The van der Waals surface area contributed by atoms with Gasteiger partial charge in [-0.15, -0.1) is 0 Å². The van der Waals surface area contributed by atoms with E-state index in [1.807, 2.05) is 12.3 Å². The van der Waals surface area contributed by atoms with E-state index in [1.54, 1.807) is 6.33 Å². The van der Waals surface area contributed by atoms with Crippen LogP contribution in [0.25, 0.3) is 0 Å². The lowest BCUT2D eigenvalue weighted by Crippen LogP contribution is -2.54. The number of H-pyrrole nitrogens is 1. The lowest BCUT2D eigenvalue weighted by molar-refractivity contribution is -0.142. The number of piperidine rings is 2. The predicted octanol–water partition coefficient (Wildman–Crippen LogP) is 3.17. The first-order valence-corrected chi connectivity index (χ1v) is 10.3. The lowest BCUT2D eigenvalue weighted by atomic mass is 9.67. The molecule has 1 aliphatic carbocycles. The number of nitrogens with zero attached hydrogens (tertiary/aromatic N) is 3. The summed E-state index contributed by atoms with van der Waals surface area (Å²) in [5.41, 5.74) is 2.67. The smallest absolute Gasteiger partial charge is 0.230 e. The van der Waals surface area contributed by atoms with Gasteiger partial charge in [0.25, 0.3) is 0 Å². The Kier molecular flexibility index (Phi) is 4.27. The average molecular weight is 364 g/mol. The molecule has 0 radical (unpaired) electrons. The van der Waals surface area contributed by atoms with E-state index >= 15 is 0 Å². The minimum absolute atomic E-state index is 0.0414. The molecular formula is C22H28N4O. The van der Waals surface area contributed by atoms with Crippen molar-refractivity contribution < 1.29 is 4.79 Å². The number of hydrogen-bond donors (Lipinski definition) is 1. The molecule has 2 saturated heterocycles.